The number of anilines is 1. The molecule has 0 saturated heterocycles. The molecule has 1 atom stereocenters. The lowest BCUT2D eigenvalue weighted by Gasteiger charge is -2.34. The van der Waals surface area contributed by atoms with Crippen LogP contribution in [0.1, 0.15) is 76.3 Å². The smallest absolute Gasteiger partial charge is 0.264 e. The maximum atomic E-state index is 14.3. The molecule has 7 nitrogen and oxygen atoms in total. The number of nitrogens with one attached hydrogen (secondary N) is 1. The number of benzene rings is 3. The van der Waals surface area contributed by atoms with E-state index in [9.17, 15) is 18.0 Å². The fraction of sp³-hybridized carbons (Fsp3) is 0.412. The number of amides is 2. The minimum Gasteiger partial charge on any atom is -0.352 e. The zero-order valence-electron chi connectivity index (χ0n) is 25.5. The van der Waals surface area contributed by atoms with E-state index in [1.807, 2.05) is 19.1 Å². The Morgan fingerprint density at radius 2 is 1.59 bits per heavy atom. The molecule has 3 aromatic carbocycles. The van der Waals surface area contributed by atoms with Crippen LogP contribution in [0.4, 0.5) is 5.69 Å². The van der Waals surface area contributed by atoms with Crippen molar-refractivity contribution in [2.45, 2.75) is 88.7 Å². The van der Waals surface area contributed by atoms with Gasteiger partial charge < -0.3 is 10.2 Å². The molecule has 10 heteroatoms. The zero-order chi connectivity index (χ0) is 31.9. The third-order valence-corrected chi connectivity index (χ3v) is 10.5. The van der Waals surface area contributed by atoms with Gasteiger partial charge in [0.1, 0.15) is 12.6 Å². The molecule has 0 aliphatic heterocycles. The number of carbonyl (C=O) groups excluding carboxylic acids is 2. The van der Waals surface area contributed by atoms with E-state index in [4.69, 9.17) is 23.2 Å². The lowest BCUT2D eigenvalue weighted by atomic mass is 9.95. The first-order valence-corrected chi connectivity index (χ1v) is 17.4. The average molecular weight is 659 g/mol. The fourth-order valence-electron chi connectivity index (χ4n) is 5.57. The highest BCUT2D eigenvalue weighted by Gasteiger charge is 2.34. The van der Waals surface area contributed by atoms with Crippen molar-refractivity contribution in [2.24, 2.45) is 0 Å². The SMILES string of the molecule is CCC(C(=O)NC1CCCCC1)N(Cc1ccc(Cl)cc1Cl)C(=O)CN(c1ccc(C(C)C)cc1)S(=O)(=O)c1ccccc1. The Morgan fingerprint density at radius 3 is 2.18 bits per heavy atom. The van der Waals surface area contributed by atoms with Crippen molar-refractivity contribution >= 4 is 50.7 Å². The van der Waals surface area contributed by atoms with Crippen LogP contribution in [0, 0.1) is 0 Å². The summed E-state index contributed by atoms with van der Waals surface area (Å²) >= 11 is 12.7. The van der Waals surface area contributed by atoms with Crippen molar-refractivity contribution < 1.29 is 18.0 Å². The first kappa shape index (κ1) is 33.8. The lowest BCUT2D eigenvalue weighted by molar-refractivity contribution is -0.140. The van der Waals surface area contributed by atoms with Crippen LogP contribution >= 0.6 is 23.2 Å². The highest BCUT2D eigenvalue weighted by molar-refractivity contribution is 7.92. The van der Waals surface area contributed by atoms with Crippen LogP contribution in [-0.4, -0.2) is 43.8 Å². The second-order valence-corrected chi connectivity index (χ2v) is 14.3. The van der Waals surface area contributed by atoms with Crippen molar-refractivity contribution in [3.63, 3.8) is 0 Å². The van der Waals surface area contributed by atoms with Crippen LogP contribution in [0.15, 0.2) is 77.7 Å². The van der Waals surface area contributed by atoms with Crippen LogP contribution in [0.3, 0.4) is 0 Å². The van der Waals surface area contributed by atoms with E-state index in [0.29, 0.717) is 27.7 Å². The first-order chi connectivity index (χ1) is 21.0. The van der Waals surface area contributed by atoms with Gasteiger partial charge in [-0.1, -0.05) is 99.6 Å². The minimum atomic E-state index is -4.14. The van der Waals surface area contributed by atoms with Crippen LogP contribution in [0.25, 0.3) is 0 Å². The second kappa shape index (κ2) is 15.3. The molecule has 1 fully saturated rings. The Labute approximate surface area is 271 Å². The highest BCUT2D eigenvalue weighted by Crippen LogP contribution is 2.28. The fourth-order valence-corrected chi connectivity index (χ4v) is 7.47. The van der Waals surface area contributed by atoms with Crippen molar-refractivity contribution in [2.75, 3.05) is 10.8 Å². The van der Waals surface area contributed by atoms with Gasteiger partial charge in [0.05, 0.1) is 10.6 Å². The molecule has 236 valence electrons. The van der Waals surface area contributed by atoms with Gasteiger partial charge in [-0.05, 0) is 72.7 Å². The number of hydrogen-bond acceptors (Lipinski definition) is 4. The minimum absolute atomic E-state index is 0.0109. The Hall–Kier alpha value is -3.07. The number of nitrogens with zero attached hydrogens (tertiary/aromatic N) is 2. The summed E-state index contributed by atoms with van der Waals surface area (Å²) in [7, 11) is -4.14. The summed E-state index contributed by atoms with van der Waals surface area (Å²) in [5, 5.41) is 3.96. The third kappa shape index (κ3) is 8.34. The van der Waals surface area contributed by atoms with E-state index >= 15 is 0 Å². The molecular formula is C34H41Cl2N3O4S. The quantitative estimate of drug-likeness (QED) is 0.218. The molecule has 1 N–H and O–H groups in total. The molecule has 0 heterocycles. The summed E-state index contributed by atoms with van der Waals surface area (Å²) in [5.41, 5.74) is 2.00. The molecule has 44 heavy (non-hydrogen) atoms. The predicted octanol–water partition coefficient (Wildman–Crippen LogP) is 7.57. The topological polar surface area (TPSA) is 86.8 Å². The molecule has 1 unspecified atom stereocenters. The van der Waals surface area contributed by atoms with Gasteiger partial charge in [-0.3, -0.25) is 13.9 Å². The molecule has 0 radical (unpaired) electrons. The first-order valence-electron chi connectivity index (χ1n) is 15.2. The normalized spacial score (nSPS) is 14.7. The molecule has 1 aliphatic carbocycles. The van der Waals surface area contributed by atoms with Gasteiger partial charge in [-0.15, -0.1) is 0 Å². The summed E-state index contributed by atoms with van der Waals surface area (Å²) in [4.78, 5) is 29.5. The van der Waals surface area contributed by atoms with Crippen LogP contribution < -0.4 is 9.62 Å². The van der Waals surface area contributed by atoms with Crippen LogP contribution in [0.2, 0.25) is 10.0 Å². The summed E-state index contributed by atoms with van der Waals surface area (Å²) in [5.74, 6) is -0.525. The van der Waals surface area contributed by atoms with Crippen LogP contribution in [-0.2, 0) is 26.2 Å². The van der Waals surface area contributed by atoms with E-state index in [2.05, 4.69) is 19.2 Å². The maximum Gasteiger partial charge on any atom is 0.264 e. The molecule has 4 rings (SSSR count). The van der Waals surface area contributed by atoms with E-state index in [0.717, 1.165) is 42.0 Å². The Bertz CT molecular complexity index is 1530. The highest BCUT2D eigenvalue weighted by atomic mass is 35.5. The Kier molecular flexibility index (Phi) is 11.7. The second-order valence-electron chi connectivity index (χ2n) is 11.6. The van der Waals surface area contributed by atoms with Gasteiger partial charge in [0.25, 0.3) is 10.0 Å². The van der Waals surface area contributed by atoms with Crippen LogP contribution in [0.5, 0.6) is 0 Å². The molecule has 3 aromatic rings. The predicted molar refractivity (Wildman–Crippen MR) is 178 cm³/mol. The number of halogens is 2. The van der Waals surface area contributed by atoms with E-state index in [1.165, 1.54) is 17.0 Å². The van der Waals surface area contributed by atoms with E-state index in [1.54, 1.807) is 48.5 Å². The van der Waals surface area contributed by atoms with Gasteiger partial charge in [0, 0.05) is 22.6 Å². The standard InChI is InChI=1S/C34H41Cl2N3O4S/c1-4-32(34(41)37-28-11-7-5-8-12-28)38(22-26-15-18-27(35)21-31(26)36)33(40)23-39(29-19-16-25(17-20-29)24(2)3)44(42,43)30-13-9-6-10-14-30/h6,9-10,13-21,24,28,32H,4-5,7-8,11-12,22-23H2,1-3H3,(H,37,41). The third-order valence-electron chi connectivity index (χ3n) is 8.15. The van der Waals surface area contributed by atoms with E-state index < -0.39 is 28.5 Å². The average Bonchev–Trinajstić information content (AvgIpc) is 3.01. The molecule has 2 amide bonds. The molecular weight excluding hydrogens is 617 g/mol. The van der Waals surface area contributed by atoms with Gasteiger partial charge in [0.15, 0.2) is 0 Å². The molecule has 0 bridgehead atoms. The van der Waals surface area contributed by atoms with Gasteiger partial charge in [-0.2, -0.15) is 0 Å². The van der Waals surface area contributed by atoms with Crippen molar-refractivity contribution in [3.05, 3.63) is 94.0 Å². The summed E-state index contributed by atoms with van der Waals surface area (Å²) in [6, 6.07) is 19.4. The maximum absolute atomic E-state index is 14.3. The number of hydrogen-bond donors (Lipinski definition) is 1. The summed E-state index contributed by atoms with van der Waals surface area (Å²) in [6.45, 7) is 5.46. The summed E-state index contributed by atoms with van der Waals surface area (Å²) in [6.07, 6.45) is 5.37. The van der Waals surface area contributed by atoms with Crippen molar-refractivity contribution in [1.29, 1.82) is 0 Å². The Morgan fingerprint density at radius 1 is 0.932 bits per heavy atom. The van der Waals surface area contributed by atoms with Gasteiger partial charge in [-0.25, -0.2) is 8.42 Å². The van der Waals surface area contributed by atoms with Crippen molar-refractivity contribution in [1.82, 2.24) is 10.2 Å². The Balaban J connectivity index is 1.72. The number of sulfonamides is 1. The monoisotopic (exact) mass is 657 g/mol. The largest absolute Gasteiger partial charge is 0.352 e. The lowest BCUT2D eigenvalue weighted by Crippen LogP contribution is -2.54. The molecule has 1 aliphatic rings. The van der Waals surface area contributed by atoms with E-state index in [-0.39, 0.29) is 29.3 Å². The van der Waals surface area contributed by atoms with Gasteiger partial charge >= 0.3 is 0 Å². The summed E-state index contributed by atoms with van der Waals surface area (Å²) < 4.78 is 29.2. The number of rotatable bonds is 12. The van der Waals surface area contributed by atoms with Crippen molar-refractivity contribution in [3.8, 4) is 0 Å². The molecule has 0 aromatic heterocycles. The zero-order valence-corrected chi connectivity index (χ0v) is 27.8. The molecule has 0 spiro atoms. The van der Waals surface area contributed by atoms with Gasteiger partial charge in [0.2, 0.25) is 11.8 Å². The number of carbonyl (C=O) groups is 2. The molecule has 1 saturated carbocycles.